The molecule has 0 heterocycles. The van der Waals surface area contributed by atoms with Crippen LogP contribution in [0, 0.1) is 0 Å². The van der Waals surface area contributed by atoms with Crippen LogP contribution < -0.4 is 0 Å². The zero-order valence-corrected chi connectivity index (χ0v) is 37.1. The number of ether oxygens (including phenoxy) is 2. The van der Waals surface area contributed by atoms with Gasteiger partial charge in [0.2, 0.25) is 0 Å². The molecule has 0 aromatic carbocycles. The van der Waals surface area contributed by atoms with E-state index < -0.39 is 51.8 Å². The lowest BCUT2D eigenvalue weighted by Crippen LogP contribution is -2.29. The number of aliphatic hydroxyl groups excluding tert-OH is 2. The first-order chi connectivity index (χ1) is 28.2. The number of phosphoric ester groups is 1. The van der Waals surface area contributed by atoms with Crippen molar-refractivity contribution in [1.82, 2.24) is 0 Å². The highest BCUT2D eigenvalue weighted by atomic mass is 31.2. The van der Waals surface area contributed by atoms with Crippen LogP contribution in [-0.4, -0.2) is 65.7 Å². The third kappa shape index (κ3) is 41.6. The first kappa shape index (κ1) is 55.4. The Balaban J connectivity index is 4.34. The number of hydrogen-bond donors (Lipinski definition) is 3. The summed E-state index contributed by atoms with van der Waals surface area (Å²) < 4.78 is 32.7. The number of unbranched alkanes of at least 4 members (excludes halogenated alkanes) is 15. The van der Waals surface area contributed by atoms with Gasteiger partial charge in [-0.1, -0.05) is 151 Å². The van der Waals surface area contributed by atoms with Crippen molar-refractivity contribution < 1.29 is 47.8 Å². The molecule has 3 atom stereocenters. The summed E-state index contributed by atoms with van der Waals surface area (Å²) in [5, 5.41) is 18.3. The van der Waals surface area contributed by atoms with Crippen LogP contribution in [0.15, 0.2) is 72.9 Å². The smallest absolute Gasteiger partial charge is 0.462 e. The molecule has 3 N–H and O–H groups in total. The summed E-state index contributed by atoms with van der Waals surface area (Å²) >= 11 is 0. The number of esters is 2. The van der Waals surface area contributed by atoms with Crippen molar-refractivity contribution in [2.24, 2.45) is 0 Å². The average molecular weight is 837 g/mol. The standard InChI is InChI=1S/C47H81O10P/c1-3-5-7-9-11-13-15-17-19-21-22-23-25-27-29-31-33-35-37-39-47(51)57-45(43-56-58(52,53)55-41-44(49)40-48)42-54-46(50)38-36-34-32-30-28-26-24-20-18-16-14-12-10-8-6-4-2/h5,7,11,13-14,16-17,19-20,22-24,44-45,48-49H,3-4,6,8-10,12,15,18,21,25-43H2,1-2H3,(H,52,53)/b7-5-,13-11-,16-14-,19-17-,23-22-,24-20-. The molecule has 11 heteroatoms. The second-order valence-corrected chi connectivity index (χ2v) is 16.1. The molecule has 0 aromatic rings. The van der Waals surface area contributed by atoms with Crippen molar-refractivity contribution in [3.63, 3.8) is 0 Å². The third-order valence-electron chi connectivity index (χ3n) is 9.09. The zero-order valence-electron chi connectivity index (χ0n) is 36.2. The summed E-state index contributed by atoms with van der Waals surface area (Å²) in [6.45, 7) is 2.21. The summed E-state index contributed by atoms with van der Waals surface area (Å²) in [4.78, 5) is 35.0. The van der Waals surface area contributed by atoms with Crippen molar-refractivity contribution >= 4 is 19.8 Å². The lowest BCUT2D eigenvalue weighted by atomic mass is 10.1. The number of carbonyl (C=O) groups is 2. The van der Waals surface area contributed by atoms with E-state index in [1.54, 1.807) is 0 Å². The van der Waals surface area contributed by atoms with Gasteiger partial charge in [0.1, 0.15) is 12.7 Å². The predicted octanol–water partition coefficient (Wildman–Crippen LogP) is 12.1. The fraction of sp³-hybridized carbons (Fsp3) is 0.702. The van der Waals surface area contributed by atoms with Crippen LogP contribution in [0.4, 0.5) is 0 Å². The molecule has 0 spiro atoms. The minimum atomic E-state index is -4.63. The molecular formula is C47H81O10P. The molecule has 0 bridgehead atoms. The van der Waals surface area contributed by atoms with Gasteiger partial charge in [-0.2, -0.15) is 0 Å². The molecule has 0 aliphatic carbocycles. The van der Waals surface area contributed by atoms with Gasteiger partial charge in [-0.3, -0.25) is 18.6 Å². The largest absolute Gasteiger partial charge is 0.472 e. The summed E-state index contributed by atoms with van der Waals surface area (Å²) in [5.74, 6) is -0.962. The second kappa shape index (κ2) is 42.5. The summed E-state index contributed by atoms with van der Waals surface area (Å²) in [5.41, 5.74) is 0. The molecule has 0 saturated heterocycles. The molecule has 0 aliphatic heterocycles. The van der Waals surface area contributed by atoms with E-state index in [-0.39, 0.29) is 19.4 Å². The Kier molecular flexibility index (Phi) is 40.6. The normalized spacial score (nSPS) is 14.5. The lowest BCUT2D eigenvalue weighted by Gasteiger charge is -2.20. The van der Waals surface area contributed by atoms with Gasteiger partial charge in [-0.05, 0) is 83.5 Å². The first-order valence-electron chi connectivity index (χ1n) is 22.4. The minimum absolute atomic E-state index is 0.161. The van der Waals surface area contributed by atoms with Crippen molar-refractivity contribution in [3.8, 4) is 0 Å². The van der Waals surface area contributed by atoms with E-state index >= 15 is 0 Å². The molecule has 10 nitrogen and oxygen atoms in total. The number of carbonyl (C=O) groups excluding carboxylic acids is 2. The van der Waals surface area contributed by atoms with Gasteiger partial charge < -0.3 is 24.6 Å². The van der Waals surface area contributed by atoms with Gasteiger partial charge in [0.15, 0.2) is 6.10 Å². The first-order valence-corrected chi connectivity index (χ1v) is 23.9. The van der Waals surface area contributed by atoms with Crippen LogP contribution in [0.1, 0.15) is 174 Å². The van der Waals surface area contributed by atoms with E-state index in [4.69, 9.17) is 19.1 Å². The van der Waals surface area contributed by atoms with Gasteiger partial charge in [0.25, 0.3) is 0 Å². The van der Waals surface area contributed by atoms with E-state index in [1.165, 1.54) is 32.1 Å². The van der Waals surface area contributed by atoms with Crippen molar-refractivity contribution in [2.45, 2.75) is 187 Å². The van der Waals surface area contributed by atoms with Crippen LogP contribution in [0.5, 0.6) is 0 Å². The third-order valence-corrected chi connectivity index (χ3v) is 10.0. The quantitative estimate of drug-likeness (QED) is 0.0235. The second-order valence-electron chi connectivity index (χ2n) is 14.7. The molecular weight excluding hydrogens is 755 g/mol. The Morgan fingerprint density at radius 3 is 1.43 bits per heavy atom. The Labute approximate surface area is 352 Å². The van der Waals surface area contributed by atoms with Gasteiger partial charge in [-0.15, -0.1) is 0 Å². The summed E-state index contributed by atoms with van der Waals surface area (Å²) in [6, 6.07) is 0. The van der Waals surface area contributed by atoms with E-state index in [1.807, 2.05) is 0 Å². The van der Waals surface area contributed by atoms with E-state index in [9.17, 15) is 24.2 Å². The molecule has 0 fully saturated rings. The van der Waals surface area contributed by atoms with Crippen molar-refractivity contribution in [2.75, 3.05) is 26.4 Å². The Hall–Kier alpha value is -2.59. The summed E-state index contributed by atoms with van der Waals surface area (Å²) in [6.07, 6.45) is 48.6. The molecule has 0 radical (unpaired) electrons. The lowest BCUT2D eigenvalue weighted by molar-refractivity contribution is -0.161. The molecule has 0 aliphatic rings. The topological polar surface area (TPSA) is 149 Å². The van der Waals surface area contributed by atoms with Crippen molar-refractivity contribution in [3.05, 3.63) is 72.9 Å². The Bertz CT molecular complexity index is 1190. The zero-order chi connectivity index (χ0) is 42.6. The monoisotopic (exact) mass is 837 g/mol. The van der Waals surface area contributed by atoms with Crippen LogP contribution in [-0.2, 0) is 32.7 Å². The molecule has 0 saturated carbocycles. The minimum Gasteiger partial charge on any atom is -0.462 e. The number of rotatable bonds is 41. The van der Waals surface area contributed by atoms with E-state index in [0.29, 0.717) is 12.8 Å². The van der Waals surface area contributed by atoms with E-state index in [0.717, 1.165) is 103 Å². The van der Waals surface area contributed by atoms with Gasteiger partial charge in [-0.25, -0.2) is 4.57 Å². The van der Waals surface area contributed by atoms with Crippen LogP contribution in [0.2, 0.25) is 0 Å². The van der Waals surface area contributed by atoms with Crippen LogP contribution in [0.25, 0.3) is 0 Å². The highest BCUT2D eigenvalue weighted by Crippen LogP contribution is 2.43. The van der Waals surface area contributed by atoms with E-state index in [2.05, 4.69) is 91.3 Å². The molecule has 3 unspecified atom stereocenters. The number of aliphatic hydroxyl groups is 2. The number of hydrogen-bond acceptors (Lipinski definition) is 9. The maximum absolute atomic E-state index is 12.6. The van der Waals surface area contributed by atoms with Crippen molar-refractivity contribution in [1.29, 1.82) is 0 Å². The van der Waals surface area contributed by atoms with Crippen LogP contribution in [0.3, 0.4) is 0 Å². The van der Waals surface area contributed by atoms with Gasteiger partial charge in [0.05, 0.1) is 19.8 Å². The highest BCUT2D eigenvalue weighted by Gasteiger charge is 2.27. The Morgan fingerprint density at radius 1 is 0.534 bits per heavy atom. The predicted molar refractivity (Wildman–Crippen MR) is 237 cm³/mol. The molecule has 334 valence electrons. The molecule has 0 amide bonds. The number of phosphoric acid groups is 1. The molecule has 0 rings (SSSR count). The Morgan fingerprint density at radius 2 is 0.948 bits per heavy atom. The SMILES string of the molecule is CC/C=C\C/C=C\C/C=C\C/C=C\CCCCCCCCC(=O)OC(COC(=O)CCCCCCC/C=C\C/C=C\CCCCCC)COP(=O)(O)OCC(O)CO. The summed E-state index contributed by atoms with van der Waals surface area (Å²) in [7, 11) is -4.63. The maximum Gasteiger partial charge on any atom is 0.472 e. The maximum atomic E-state index is 12.6. The molecule has 0 aromatic heterocycles. The fourth-order valence-corrected chi connectivity index (χ4v) is 6.45. The highest BCUT2D eigenvalue weighted by molar-refractivity contribution is 7.47. The van der Waals surface area contributed by atoms with Crippen LogP contribution >= 0.6 is 7.82 Å². The number of allylic oxidation sites excluding steroid dienone is 12. The van der Waals surface area contributed by atoms with Gasteiger partial charge in [0, 0.05) is 12.8 Å². The average Bonchev–Trinajstić information content (AvgIpc) is 3.21. The fourth-order valence-electron chi connectivity index (χ4n) is 5.66. The molecule has 58 heavy (non-hydrogen) atoms. The van der Waals surface area contributed by atoms with Gasteiger partial charge >= 0.3 is 19.8 Å².